The van der Waals surface area contributed by atoms with Gasteiger partial charge in [0.2, 0.25) is 0 Å². The van der Waals surface area contributed by atoms with E-state index >= 15 is 0 Å². The Morgan fingerprint density at radius 2 is 1.46 bits per heavy atom. The Bertz CT molecular complexity index is 881. The van der Waals surface area contributed by atoms with Crippen molar-refractivity contribution in [1.82, 2.24) is 4.90 Å². The smallest absolute Gasteiger partial charge is 0.261 e. The van der Waals surface area contributed by atoms with Crippen molar-refractivity contribution in [2.45, 2.75) is 18.8 Å². The van der Waals surface area contributed by atoms with Gasteiger partial charge >= 0.3 is 0 Å². The standard InChI is InChI=1S/C22H19NO3/c24-21-18-9-4-5-10-19(18)22(25)23(21)13-12-17(20-11-6-14-26-20)15-16-7-2-1-3-8-16/h1-11,14,17H,12-13,15H2/t17-/m0/s1. The van der Waals surface area contributed by atoms with E-state index in [0.29, 0.717) is 24.1 Å². The molecule has 4 heteroatoms. The number of benzene rings is 2. The molecular formula is C22H19NO3. The van der Waals surface area contributed by atoms with E-state index in [1.54, 1.807) is 30.5 Å². The maximum Gasteiger partial charge on any atom is 0.261 e. The molecule has 4 rings (SSSR count). The van der Waals surface area contributed by atoms with E-state index in [2.05, 4.69) is 12.1 Å². The first kappa shape index (κ1) is 16.3. The highest BCUT2D eigenvalue weighted by atomic mass is 16.3. The number of imide groups is 1. The van der Waals surface area contributed by atoms with Crippen LogP contribution in [-0.2, 0) is 6.42 Å². The lowest BCUT2D eigenvalue weighted by Gasteiger charge is -2.19. The monoisotopic (exact) mass is 345 g/mol. The summed E-state index contributed by atoms with van der Waals surface area (Å²) in [5.74, 6) is 0.578. The first-order valence-electron chi connectivity index (χ1n) is 8.76. The predicted molar refractivity (Wildman–Crippen MR) is 98.0 cm³/mol. The Balaban J connectivity index is 1.51. The van der Waals surface area contributed by atoms with Crippen molar-refractivity contribution < 1.29 is 14.0 Å². The summed E-state index contributed by atoms with van der Waals surface area (Å²) in [6, 6.07) is 21.0. The molecule has 0 aliphatic carbocycles. The second-order valence-electron chi connectivity index (χ2n) is 6.50. The minimum atomic E-state index is -0.205. The van der Waals surface area contributed by atoms with E-state index < -0.39 is 0 Å². The van der Waals surface area contributed by atoms with Gasteiger partial charge in [-0.25, -0.2) is 0 Å². The van der Waals surface area contributed by atoms with Gasteiger partial charge in [0.25, 0.3) is 11.8 Å². The SMILES string of the molecule is O=C1c2ccccc2C(=O)N1CC[C@@H](Cc1ccccc1)c1ccco1. The molecule has 2 heterocycles. The summed E-state index contributed by atoms with van der Waals surface area (Å²) in [5.41, 5.74) is 2.20. The van der Waals surface area contributed by atoms with Crippen LogP contribution in [0.3, 0.4) is 0 Å². The molecule has 0 fully saturated rings. The van der Waals surface area contributed by atoms with Crippen LogP contribution in [0.5, 0.6) is 0 Å². The maximum atomic E-state index is 12.5. The molecule has 2 aromatic carbocycles. The summed E-state index contributed by atoms with van der Waals surface area (Å²) in [6.45, 7) is 0.380. The van der Waals surface area contributed by atoms with E-state index in [0.717, 1.165) is 12.2 Å². The molecule has 4 nitrogen and oxygen atoms in total. The molecule has 2 amide bonds. The van der Waals surface area contributed by atoms with Crippen LogP contribution in [0.2, 0.25) is 0 Å². The number of furan rings is 1. The Hall–Kier alpha value is -3.14. The van der Waals surface area contributed by atoms with Gasteiger partial charge in [0.15, 0.2) is 0 Å². The topological polar surface area (TPSA) is 50.5 Å². The molecule has 0 bridgehead atoms. The fraction of sp³-hybridized carbons (Fsp3) is 0.182. The van der Waals surface area contributed by atoms with Crippen molar-refractivity contribution in [3.05, 3.63) is 95.4 Å². The fourth-order valence-corrected chi connectivity index (χ4v) is 3.49. The zero-order valence-electron chi connectivity index (χ0n) is 14.3. The van der Waals surface area contributed by atoms with Crippen LogP contribution >= 0.6 is 0 Å². The molecule has 1 aliphatic rings. The van der Waals surface area contributed by atoms with Crippen LogP contribution < -0.4 is 0 Å². The molecule has 1 aliphatic heterocycles. The number of rotatable bonds is 6. The van der Waals surface area contributed by atoms with E-state index in [1.165, 1.54) is 10.5 Å². The van der Waals surface area contributed by atoms with Crippen molar-refractivity contribution in [2.75, 3.05) is 6.54 Å². The van der Waals surface area contributed by atoms with Crippen LogP contribution in [0.15, 0.2) is 77.4 Å². The van der Waals surface area contributed by atoms with E-state index in [4.69, 9.17) is 4.42 Å². The average Bonchev–Trinajstić information content (AvgIpc) is 3.29. The first-order chi connectivity index (χ1) is 12.7. The summed E-state index contributed by atoms with van der Waals surface area (Å²) in [5, 5.41) is 0. The van der Waals surface area contributed by atoms with E-state index in [-0.39, 0.29) is 17.7 Å². The van der Waals surface area contributed by atoms with Crippen molar-refractivity contribution in [3.8, 4) is 0 Å². The third kappa shape index (κ3) is 3.06. The number of carbonyl (C=O) groups excluding carboxylic acids is 2. The third-order valence-corrected chi connectivity index (χ3v) is 4.85. The maximum absolute atomic E-state index is 12.5. The van der Waals surface area contributed by atoms with Gasteiger partial charge < -0.3 is 4.42 Å². The number of nitrogens with zero attached hydrogens (tertiary/aromatic N) is 1. The zero-order chi connectivity index (χ0) is 17.9. The average molecular weight is 345 g/mol. The molecular weight excluding hydrogens is 326 g/mol. The fourth-order valence-electron chi connectivity index (χ4n) is 3.49. The van der Waals surface area contributed by atoms with Gasteiger partial charge in [-0.15, -0.1) is 0 Å². The normalized spacial score (nSPS) is 14.5. The molecule has 3 aromatic rings. The zero-order valence-corrected chi connectivity index (χ0v) is 14.3. The number of fused-ring (bicyclic) bond motifs is 1. The Kier molecular flexibility index (Phi) is 4.40. The Morgan fingerprint density at radius 3 is 2.08 bits per heavy atom. The lowest BCUT2D eigenvalue weighted by molar-refractivity contribution is 0.0648. The van der Waals surface area contributed by atoms with Gasteiger partial charge in [0, 0.05) is 12.5 Å². The molecule has 0 saturated carbocycles. The molecule has 26 heavy (non-hydrogen) atoms. The van der Waals surface area contributed by atoms with Crippen LogP contribution in [0, 0.1) is 0 Å². The number of hydrogen-bond acceptors (Lipinski definition) is 3. The first-order valence-corrected chi connectivity index (χ1v) is 8.76. The summed E-state index contributed by atoms with van der Waals surface area (Å²) in [7, 11) is 0. The largest absolute Gasteiger partial charge is 0.469 e. The van der Waals surface area contributed by atoms with Crippen molar-refractivity contribution >= 4 is 11.8 Å². The number of amides is 2. The van der Waals surface area contributed by atoms with Crippen molar-refractivity contribution in [3.63, 3.8) is 0 Å². The van der Waals surface area contributed by atoms with Crippen molar-refractivity contribution in [1.29, 1.82) is 0 Å². The molecule has 0 radical (unpaired) electrons. The van der Waals surface area contributed by atoms with Crippen LogP contribution in [-0.4, -0.2) is 23.3 Å². The highest BCUT2D eigenvalue weighted by Crippen LogP contribution is 2.28. The van der Waals surface area contributed by atoms with Gasteiger partial charge in [-0.2, -0.15) is 0 Å². The molecule has 0 spiro atoms. The van der Waals surface area contributed by atoms with Gasteiger partial charge in [0.05, 0.1) is 17.4 Å². The Morgan fingerprint density at radius 1 is 0.808 bits per heavy atom. The number of carbonyl (C=O) groups is 2. The third-order valence-electron chi connectivity index (χ3n) is 4.85. The second-order valence-corrected chi connectivity index (χ2v) is 6.50. The second kappa shape index (κ2) is 7.00. The van der Waals surface area contributed by atoms with Gasteiger partial charge in [-0.1, -0.05) is 42.5 Å². The van der Waals surface area contributed by atoms with E-state index in [1.807, 2.05) is 30.3 Å². The Labute approximate surface area is 152 Å². The molecule has 0 N–H and O–H groups in total. The molecule has 1 aromatic heterocycles. The molecule has 0 unspecified atom stereocenters. The molecule has 130 valence electrons. The van der Waals surface area contributed by atoms with Gasteiger partial charge in [-0.05, 0) is 42.7 Å². The number of hydrogen-bond donors (Lipinski definition) is 0. The predicted octanol–water partition coefficient (Wildman–Crippen LogP) is 4.29. The lowest BCUT2D eigenvalue weighted by Crippen LogP contribution is -2.31. The summed E-state index contributed by atoms with van der Waals surface area (Å²) < 4.78 is 5.61. The summed E-state index contributed by atoms with van der Waals surface area (Å²) >= 11 is 0. The molecule has 0 saturated heterocycles. The van der Waals surface area contributed by atoms with Crippen LogP contribution in [0.25, 0.3) is 0 Å². The summed E-state index contributed by atoms with van der Waals surface area (Å²) in [6.07, 6.45) is 3.13. The molecule has 1 atom stereocenters. The van der Waals surface area contributed by atoms with E-state index in [9.17, 15) is 9.59 Å². The van der Waals surface area contributed by atoms with Crippen LogP contribution in [0.4, 0.5) is 0 Å². The quantitative estimate of drug-likeness (QED) is 0.626. The van der Waals surface area contributed by atoms with Crippen LogP contribution in [0.1, 0.15) is 44.4 Å². The van der Waals surface area contributed by atoms with Gasteiger partial charge in [-0.3, -0.25) is 14.5 Å². The highest BCUT2D eigenvalue weighted by molar-refractivity contribution is 6.21. The highest BCUT2D eigenvalue weighted by Gasteiger charge is 2.35. The summed E-state index contributed by atoms with van der Waals surface area (Å²) in [4.78, 5) is 26.4. The minimum Gasteiger partial charge on any atom is -0.469 e. The van der Waals surface area contributed by atoms with Gasteiger partial charge in [0.1, 0.15) is 5.76 Å². The lowest BCUT2D eigenvalue weighted by atomic mass is 9.93. The van der Waals surface area contributed by atoms with Crippen molar-refractivity contribution in [2.24, 2.45) is 0 Å². The minimum absolute atomic E-state index is 0.108.